The number of ketones is 1. The molecular formula is C26H24N4O3. The predicted octanol–water partition coefficient (Wildman–Crippen LogP) is 4.36. The zero-order valence-electron chi connectivity index (χ0n) is 18.6. The number of piperazine rings is 1. The Balaban J connectivity index is 1.39. The zero-order chi connectivity index (χ0) is 22.9. The summed E-state index contributed by atoms with van der Waals surface area (Å²) in [4.78, 5) is 33.7. The van der Waals surface area contributed by atoms with Gasteiger partial charge in [0.25, 0.3) is 11.6 Å². The van der Waals surface area contributed by atoms with E-state index in [1.165, 1.54) is 0 Å². The highest BCUT2D eigenvalue weighted by atomic mass is 16.5. The Morgan fingerprint density at radius 2 is 1.64 bits per heavy atom. The van der Waals surface area contributed by atoms with Crippen LogP contribution >= 0.6 is 0 Å². The molecule has 1 aliphatic heterocycles. The van der Waals surface area contributed by atoms with Gasteiger partial charge in [-0.25, -0.2) is 4.98 Å². The summed E-state index contributed by atoms with van der Waals surface area (Å²) >= 11 is 0. The maximum atomic E-state index is 13.6. The van der Waals surface area contributed by atoms with Crippen LogP contribution in [0.25, 0.3) is 22.4 Å². The molecule has 0 saturated carbocycles. The van der Waals surface area contributed by atoms with E-state index in [9.17, 15) is 9.59 Å². The molecule has 3 heterocycles. The van der Waals surface area contributed by atoms with Crippen molar-refractivity contribution in [1.82, 2.24) is 15.0 Å². The standard InChI is InChI=1S/C26H24N4O3/c1-17-16-22(23-24(28-33-25(23)27-17)20-6-4-3-5-7-20)26(32)30-14-12-29(13-15-30)21-10-8-19(9-11-21)18(2)31/h3-11,16H,12-15H2,1-2H3. The highest BCUT2D eigenvalue weighted by Crippen LogP contribution is 2.31. The minimum atomic E-state index is -0.0440. The number of rotatable bonds is 4. The fraction of sp³-hybridized carbons (Fsp3) is 0.231. The maximum absolute atomic E-state index is 13.6. The third kappa shape index (κ3) is 3.98. The van der Waals surface area contributed by atoms with Crippen LogP contribution in [-0.2, 0) is 0 Å². The molecule has 1 amide bonds. The van der Waals surface area contributed by atoms with Gasteiger partial charge in [0.15, 0.2) is 5.78 Å². The minimum absolute atomic E-state index is 0.0440. The number of carbonyl (C=O) groups is 2. The second-order valence-corrected chi connectivity index (χ2v) is 8.27. The number of benzene rings is 2. The normalized spacial score (nSPS) is 14.0. The molecule has 166 valence electrons. The van der Waals surface area contributed by atoms with Crippen molar-refractivity contribution in [2.45, 2.75) is 13.8 Å². The molecule has 0 radical (unpaired) electrons. The fourth-order valence-corrected chi connectivity index (χ4v) is 4.28. The lowest BCUT2D eigenvalue weighted by atomic mass is 10.0. The van der Waals surface area contributed by atoms with E-state index in [1.54, 1.807) is 6.92 Å². The summed E-state index contributed by atoms with van der Waals surface area (Å²) in [5.74, 6) is 0.0111. The fourth-order valence-electron chi connectivity index (χ4n) is 4.28. The van der Waals surface area contributed by atoms with Gasteiger partial charge >= 0.3 is 0 Å². The summed E-state index contributed by atoms with van der Waals surface area (Å²) in [6.45, 7) is 6.05. The molecule has 0 atom stereocenters. The van der Waals surface area contributed by atoms with Crippen molar-refractivity contribution in [2.75, 3.05) is 31.1 Å². The van der Waals surface area contributed by atoms with Gasteiger partial charge in [-0.05, 0) is 44.2 Å². The van der Waals surface area contributed by atoms with E-state index >= 15 is 0 Å². The van der Waals surface area contributed by atoms with Crippen LogP contribution in [0.15, 0.2) is 65.2 Å². The molecule has 33 heavy (non-hydrogen) atoms. The number of carbonyl (C=O) groups excluding carboxylic acids is 2. The van der Waals surface area contributed by atoms with Crippen LogP contribution in [0.2, 0.25) is 0 Å². The Kier molecular flexibility index (Phi) is 5.38. The number of amides is 1. The van der Waals surface area contributed by atoms with E-state index < -0.39 is 0 Å². The van der Waals surface area contributed by atoms with Crippen molar-refractivity contribution in [2.24, 2.45) is 0 Å². The lowest BCUT2D eigenvalue weighted by Crippen LogP contribution is -2.48. The van der Waals surface area contributed by atoms with Gasteiger partial charge in [-0.3, -0.25) is 9.59 Å². The van der Waals surface area contributed by atoms with Crippen LogP contribution in [0.3, 0.4) is 0 Å². The molecule has 1 saturated heterocycles. The van der Waals surface area contributed by atoms with Crippen LogP contribution in [0, 0.1) is 6.92 Å². The van der Waals surface area contributed by atoms with Gasteiger partial charge in [-0.15, -0.1) is 0 Å². The Morgan fingerprint density at radius 3 is 2.30 bits per heavy atom. The second kappa shape index (κ2) is 8.50. The Morgan fingerprint density at radius 1 is 0.939 bits per heavy atom. The van der Waals surface area contributed by atoms with Gasteiger partial charge in [0.05, 0.1) is 10.9 Å². The van der Waals surface area contributed by atoms with Crippen molar-refractivity contribution in [3.63, 3.8) is 0 Å². The molecule has 0 N–H and O–H groups in total. The topological polar surface area (TPSA) is 79.5 Å². The van der Waals surface area contributed by atoms with Crippen LogP contribution in [0.4, 0.5) is 5.69 Å². The average molecular weight is 441 g/mol. The number of aromatic nitrogens is 2. The number of anilines is 1. The van der Waals surface area contributed by atoms with E-state index in [4.69, 9.17) is 4.52 Å². The highest BCUT2D eigenvalue weighted by molar-refractivity contribution is 6.09. The van der Waals surface area contributed by atoms with E-state index in [0.29, 0.717) is 59.8 Å². The van der Waals surface area contributed by atoms with Crippen LogP contribution < -0.4 is 4.90 Å². The summed E-state index contributed by atoms with van der Waals surface area (Å²) in [5, 5.41) is 4.88. The third-order valence-electron chi connectivity index (χ3n) is 6.06. The lowest BCUT2D eigenvalue weighted by Gasteiger charge is -2.36. The molecule has 1 aliphatic rings. The van der Waals surface area contributed by atoms with Crippen LogP contribution in [0.1, 0.15) is 33.3 Å². The minimum Gasteiger partial charge on any atom is -0.368 e. The van der Waals surface area contributed by atoms with Gasteiger partial charge in [-0.2, -0.15) is 0 Å². The third-order valence-corrected chi connectivity index (χ3v) is 6.06. The van der Waals surface area contributed by atoms with Crippen molar-refractivity contribution in [3.8, 4) is 11.3 Å². The van der Waals surface area contributed by atoms with Gasteiger partial charge in [0.1, 0.15) is 5.69 Å². The van der Waals surface area contributed by atoms with Gasteiger partial charge in [0, 0.05) is 48.7 Å². The molecular weight excluding hydrogens is 416 g/mol. The van der Waals surface area contributed by atoms with Crippen molar-refractivity contribution < 1.29 is 14.1 Å². The molecule has 0 unspecified atom stereocenters. The van der Waals surface area contributed by atoms with Crippen molar-refractivity contribution in [1.29, 1.82) is 0 Å². The van der Waals surface area contributed by atoms with E-state index in [0.717, 1.165) is 11.3 Å². The maximum Gasteiger partial charge on any atom is 0.259 e. The first-order valence-corrected chi connectivity index (χ1v) is 11.0. The number of nitrogens with zero attached hydrogens (tertiary/aromatic N) is 4. The molecule has 0 spiro atoms. The molecule has 7 nitrogen and oxygen atoms in total. The average Bonchev–Trinajstić information content (AvgIpc) is 3.27. The molecule has 2 aromatic heterocycles. The Hall–Kier alpha value is -4.00. The first kappa shape index (κ1) is 20.9. The smallest absolute Gasteiger partial charge is 0.259 e. The molecule has 1 fully saturated rings. The number of hydrogen-bond acceptors (Lipinski definition) is 6. The van der Waals surface area contributed by atoms with Gasteiger partial charge in [0.2, 0.25) is 0 Å². The lowest BCUT2D eigenvalue weighted by molar-refractivity contribution is 0.0748. The first-order valence-electron chi connectivity index (χ1n) is 11.0. The number of pyridine rings is 1. The van der Waals surface area contributed by atoms with Crippen molar-refractivity contribution >= 4 is 28.5 Å². The first-order chi connectivity index (χ1) is 16.0. The van der Waals surface area contributed by atoms with E-state index in [2.05, 4.69) is 15.0 Å². The number of Topliss-reactive ketones (excluding diaryl/α,β-unsaturated/α-hetero) is 1. The van der Waals surface area contributed by atoms with Crippen LogP contribution in [0.5, 0.6) is 0 Å². The second-order valence-electron chi connectivity index (χ2n) is 8.27. The molecule has 2 aromatic carbocycles. The Labute approximate surface area is 191 Å². The Bertz CT molecular complexity index is 1320. The molecule has 0 bridgehead atoms. The molecule has 5 rings (SSSR count). The molecule has 7 heteroatoms. The van der Waals surface area contributed by atoms with E-state index in [-0.39, 0.29) is 11.7 Å². The summed E-state index contributed by atoms with van der Waals surface area (Å²) in [7, 11) is 0. The predicted molar refractivity (Wildman–Crippen MR) is 127 cm³/mol. The summed E-state index contributed by atoms with van der Waals surface area (Å²) < 4.78 is 5.50. The molecule has 4 aromatic rings. The number of aryl methyl sites for hydroxylation is 1. The van der Waals surface area contributed by atoms with Crippen LogP contribution in [-0.4, -0.2) is 52.9 Å². The highest BCUT2D eigenvalue weighted by Gasteiger charge is 2.27. The quantitative estimate of drug-likeness (QED) is 0.439. The molecule has 0 aliphatic carbocycles. The largest absolute Gasteiger partial charge is 0.368 e. The summed E-state index contributed by atoms with van der Waals surface area (Å²) in [5.41, 5.74) is 4.93. The number of fused-ring (bicyclic) bond motifs is 1. The summed E-state index contributed by atoms with van der Waals surface area (Å²) in [6.07, 6.45) is 0. The summed E-state index contributed by atoms with van der Waals surface area (Å²) in [6, 6.07) is 19.1. The van der Waals surface area contributed by atoms with E-state index in [1.807, 2.05) is 72.5 Å². The SMILES string of the molecule is CC(=O)c1ccc(N2CCN(C(=O)c3cc(C)nc4onc(-c5ccccc5)c34)CC2)cc1. The number of hydrogen-bond donors (Lipinski definition) is 0. The van der Waals surface area contributed by atoms with Gasteiger partial charge in [-0.1, -0.05) is 35.5 Å². The zero-order valence-corrected chi connectivity index (χ0v) is 18.6. The van der Waals surface area contributed by atoms with Crippen molar-refractivity contribution in [3.05, 3.63) is 77.5 Å². The monoisotopic (exact) mass is 440 g/mol. The van der Waals surface area contributed by atoms with Gasteiger partial charge < -0.3 is 14.3 Å².